The first-order valence-electron chi connectivity index (χ1n) is 3.84. The van der Waals surface area contributed by atoms with Crippen LogP contribution >= 0.6 is 12.6 Å². The van der Waals surface area contributed by atoms with Crippen molar-refractivity contribution in [3.8, 4) is 0 Å². The van der Waals surface area contributed by atoms with Crippen molar-refractivity contribution in [3.05, 3.63) is 35.9 Å². The van der Waals surface area contributed by atoms with Crippen molar-refractivity contribution < 1.29 is 9.90 Å². The van der Waals surface area contributed by atoms with E-state index in [4.69, 9.17) is 10.8 Å². The Morgan fingerprint density at radius 3 is 2.38 bits per heavy atom. The summed E-state index contributed by atoms with van der Waals surface area (Å²) in [5.74, 6) is -1.04. The lowest BCUT2D eigenvalue weighted by Crippen LogP contribution is -2.34. The molecule has 1 aromatic rings. The van der Waals surface area contributed by atoms with Crippen molar-refractivity contribution in [3.63, 3.8) is 0 Å². The van der Waals surface area contributed by atoms with Crippen LogP contribution in [0.4, 0.5) is 0 Å². The molecule has 1 rings (SSSR count). The summed E-state index contributed by atoms with van der Waals surface area (Å²) in [7, 11) is 0. The topological polar surface area (TPSA) is 63.3 Å². The first-order valence-corrected chi connectivity index (χ1v) is 4.36. The number of carbonyl (C=O) groups is 1. The van der Waals surface area contributed by atoms with Crippen LogP contribution in [0.1, 0.15) is 10.8 Å². The van der Waals surface area contributed by atoms with E-state index in [-0.39, 0.29) is 0 Å². The van der Waals surface area contributed by atoms with Crippen LogP contribution in [0.25, 0.3) is 0 Å². The fraction of sp³-hybridized carbons (Fsp3) is 0.222. The van der Waals surface area contributed by atoms with E-state index in [1.54, 1.807) is 12.1 Å². The number of rotatable bonds is 3. The van der Waals surface area contributed by atoms with E-state index in [0.717, 1.165) is 5.56 Å². The molecule has 0 amide bonds. The molecule has 0 aliphatic carbocycles. The van der Waals surface area contributed by atoms with Crippen molar-refractivity contribution in [2.24, 2.45) is 5.73 Å². The summed E-state index contributed by atoms with van der Waals surface area (Å²) in [5.41, 5.74) is 6.24. The molecule has 0 heterocycles. The highest BCUT2D eigenvalue weighted by Gasteiger charge is 2.21. The summed E-state index contributed by atoms with van der Waals surface area (Å²) >= 11 is 4.15. The summed E-state index contributed by atoms with van der Waals surface area (Å²) in [4.78, 5) is 10.5. The third kappa shape index (κ3) is 2.47. The molecule has 0 spiro atoms. The Kier molecular flexibility index (Phi) is 3.33. The van der Waals surface area contributed by atoms with E-state index < -0.39 is 17.3 Å². The number of hydrogen-bond donors (Lipinski definition) is 3. The lowest BCUT2D eigenvalue weighted by atomic mass is 10.1. The zero-order valence-electron chi connectivity index (χ0n) is 6.92. The van der Waals surface area contributed by atoms with Crippen LogP contribution < -0.4 is 5.73 Å². The summed E-state index contributed by atoms with van der Waals surface area (Å²) < 4.78 is 0. The molecule has 0 aliphatic rings. The van der Waals surface area contributed by atoms with Gasteiger partial charge in [-0.2, -0.15) is 12.6 Å². The lowest BCUT2D eigenvalue weighted by Gasteiger charge is -2.14. The Morgan fingerprint density at radius 2 is 1.92 bits per heavy atom. The summed E-state index contributed by atoms with van der Waals surface area (Å²) in [5, 5.41) is 8.18. The number of carboxylic acid groups (broad SMARTS) is 1. The number of nitrogens with two attached hydrogens (primary N) is 1. The third-order valence-corrected chi connectivity index (χ3v) is 2.39. The molecule has 0 fully saturated rings. The molecule has 4 heteroatoms. The van der Waals surface area contributed by atoms with Crippen molar-refractivity contribution >= 4 is 18.6 Å². The van der Waals surface area contributed by atoms with E-state index in [9.17, 15) is 4.79 Å². The summed E-state index contributed by atoms with van der Waals surface area (Å²) in [6.07, 6.45) is 0. The average Bonchev–Trinajstić information content (AvgIpc) is 2.17. The fourth-order valence-electron chi connectivity index (χ4n) is 0.993. The Bertz CT molecular complexity index is 289. The standard InChI is InChI=1S/C9H11NO2S/c10-7(9(11)12)8(13)6-4-2-1-3-5-6/h1-5,7-8,13H,10H2,(H,11,12)/t7?,8-/m0/s1. The number of benzene rings is 1. The minimum absolute atomic E-state index is 0.460. The van der Waals surface area contributed by atoms with E-state index in [2.05, 4.69) is 12.6 Å². The lowest BCUT2D eigenvalue weighted by molar-refractivity contribution is -0.138. The molecule has 0 radical (unpaired) electrons. The molecule has 0 bridgehead atoms. The number of thiol groups is 1. The highest BCUT2D eigenvalue weighted by molar-refractivity contribution is 7.80. The van der Waals surface area contributed by atoms with E-state index in [1.165, 1.54) is 0 Å². The number of aliphatic carboxylic acids is 1. The van der Waals surface area contributed by atoms with Gasteiger partial charge in [0.25, 0.3) is 0 Å². The maximum atomic E-state index is 10.5. The second kappa shape index (κ2) is 4.30. The van der Waals surface area contributed by atoms with Crippen molar-refractivity contribution in [1.29, 1.82) is 0 Å². The van der Waals surface area contributed by atoms with Crippen molar-refractivity contribution in [1.82, 2.24) is 0 Å². The van der Waals surface area contributed by atoms with Crippen molar-refractivity contribution in [2.75, 3.05) is 0 Å². The van der Waals surface area contributed by atoms with Gasteiger partial charge < -0.3 is 10.8 Å². The number of carboxylic acids is 1. The quantitative estimate of drug-likeness (QED) is 0.635. The molecule has 0 saturated carbocycles. The average molecular weight is 197 g/mol. The third-order valence-electron chi connectivity index (χ3n) is 1.77. The van der Waals surface area contributed by atoms with Gasteiger partial charge in [0.15, 0.2) is 0 Å². The Balaban J connectivity index is 2.79. The molecule has 0 saturated heterocycles. The van der Waals surface area contributed by atoms with Crippen LogP contribution in [0.5, 0.6) is 0 Å². The molecular formula is C9H11NO2S. The van der Waals surface area contributed by atoms with Gasteiger partial charge in [-0.3, -0.25) is 4.79 Å². The first kappa shape index (κ1) is 10.1. The monoisotopic (exact) mass is 197 g/mol. The van der Waals surface area contributed by atoms with E-state index in [0.29, 0.717) is 0 Å². The largest absolute Gasteiger partial charge is 0.480 e. The zero-order chi connectivity index (χ0) is 9.84. The van der Waals surface area contributed by atoms with Gasteiger partial charge in [-0.1, -0.05) is 30.3 Å². The van der Waals surface area contributed by atoms with Gasteiger partial charge in [-0.05, 0) is 5.56 Å². The van der Waals surface area contributed by atoms with Gasteiger partial charge >= 0.3 is 5.97 Å². The maximum absolute atomic E-state index is 10.5. The van der Waals surface area contributed by atoms with Crippen LogP contribution in [0.3, 0.4) is 0 Å². The van der Waals surface area contributed by atoms with Gasteiger partial charge in [0.2, 0.25) is 0 Å². The normalized spacial score (nSPS) is 14.9. The minimum Gasteiger partial charge on any atom is -0.480 e. The van der Waals surface area contributed by atoms with Gasteiger partial charge in [0, 0.05) is 0 Å². The molecule has 0 aliphatic heterocycles. The molecule has 0 aromatic heterocycles. The van der Waals surface area contributed by atoms with Crippen LogP contribution in [0.15, 0.2) is 30.3 Å². The van der Waals surface area contributed by atoms with Gasteiger partial charge in [0.05, 0.1) is 5.25 Å². The molecule has 1 unspecified atom stereocenters. The smallest absolute Gasteiger partial charge is 0.321 e. The van der Waals surface area contributed by atoms with Gasteiger partial charge in [0.1, 0.15) is 6.04 Å². The van der Waals surface area contributed by atoms with E-state index >= 15 is 0 Å². The van der Waals surface area contributed by atoms with Crippen molar-refractivity contribution in [2.45, 2.75) is 11.3 Å². The predicted octanol–water partition coefficient (Wildman–Crippen LogP) is 1.07. The second-order valence-electron chi connectivity index (χ2n) is 2.72. The van der Waals surface area contributed by atoms with Crippen LogP contribution in [0.2, 0.25) is 0 Å². The van der Waals surface area contributed by atoms with Gasteiger partial charge in [-0.15, -0.1) is 0 Å². The van der Waals surface area contributed by atoms with Crippen LogP contribution in [-0.2, 0) is 4.79 Å². The van der Waals surface area contributed by atoms with Crippen LogP contribution in [0, 0.1) is 0 Å². The SMILES string of the molecule is NC(C(=O)O)[C@@H](S)c1ccccc1. The summed E-state index contributed by atoms with van der Waals surface area (Å²) in [6, 6.07) is 8.16. The molecule has 70 valence electrons. The Labute approximate surface area is 82.0 Å². The molecule has 13 heavy (non-hydrogen) atoms. The highest BCUT2D eigenvalue weighted by Crippen LogP contribution is 2.22. The Morgan fingerprint density at radius 1 is 1.38 bits per heavy atom. The molecular weight excluding hydrogens is 186 g/mol. The maximum Gasteiger partial charge on any atom is 0.321 e. The number of hydrogen-bond acceptors (Lipinski definition) is 3. The first-order chi connectivity index (χ1) is 6.13. The Hall–Kier alpha value is -1.00. The minimum atomic E-state index is -1.04. The molecule has 1 aromatic carbocycles. The highest BCUT2D eigenvalue weighted by atomic mass is 32.1. The zero-order valence-corrected chi connectivity index (χ0v) is 7.82. The molecule has 3 N–H and O–H groups in total. The second-order valence-corrected chi connectivity index (χ2v) is 3.28. The summed E-state index contributed by atoms with van der Waals surface area (Å²) in [6.45, 7) is 0. The van der Waals surface area contributed by atoms with Gasteiger partial charge in [-0.25, -0.2) is 0 Å². The van der Waals surface area contributed by atoms with E-state index in [1.807, 2.05) is 18.2 Å². The fourth-order valence-corrected chi connectivity index (χ4v) is 1.29. The molecule has 2 atom stereocenters. The molecule has 3 nitrogen and oxygen atoms in total. The van der Waals surface area contributed by atoms with Crippen LogP contribution in [-0.4, -0.2) is 17.1 Å². The predicted molar refractivity (Wildman–Crippen MR) is 53.8 cm³/mol.